The first-order chi connectivity index (χ1) is 13.1. The molecule has 0 saturated carbocycles. The Morgan fingerprint density at radius 2 is 1.96 bits per heavy atom. The van der Waals surface area contributed by atoms with E-state index >= 15 is 0 Å². The highest BCUT2D eigenvalue weighted by Gasteiger charge is 2.40. The molecule has 2 aromatic rings. The van der Waals surface area contributed by atoms with Gasteiger partial charge in [-0.2, -0.15) is 0 Å². The van der Waals surface area contributed by atoms with Gasteiger partial charge in [0, 0.05) is 23.2 Å². The molecule has 0 aliphatic carbocycles. The number of carbonyl (C=O) groups excluding carboxylic acids is 2. The third-order valence-electron chi connectivity index (χ3n) is 4.40. The van der Waals surface area contributed by atoms with Gasteiger partial charge in [0.15, 0.2) is 0 Å². The van der Waals surface area contributed by atoms with E-state index < -0.39 is 11.9 Å². The normalized spacial score (nSPS) is 14.5. The van der Waals surface area contributed by atoms with Crippen molar-refractivity contribution in [1.82, 2.24) is 5.32 Å². The number of terminal acetylenes is 1. The molecule has 2 aromatic carbocycles. The summed E-state index contributed by atoms with van der Waals surface area (Å²) in [5.74, 6) is 1.10. The summed E-state index contributed by atoms with van der Waals surface area (Å²) in [5.41, 5.74) is 1.45. The molecule has 2 amide bonds. The molecule has 1 unspecified atom stereocenters. The van der Waals surface area contributed by atoms with Crippen LogP contribution in [0.1, 0.15) is 5.56 Å². The van der Waals surface area contributed by atoms with Gasteiger partial charge >= 0.3 is 5.91 Å². The van der Waals surface area contributed by atoms with Gasteiger partial charge in [-0.1, -0.05) is 48.0 Å². The average molecular weight is 383 g/mol. The molecular formula is C21H19ClN2O3. The van der Waals surface area contributed by atoms with Crippen molar-refractivity contribution in [3.05, 3.63) is 65.2 Å². The van der Waals surface area contributed by atoms with Crippen LogP contribution in [0.25, 0.3) is 0 Å². The second kappa shape index (κ2) is 8.72. The minimum Gasteiger partial charge on any atom is -0.380 e. The Kier molecular flexibility index (Phi) is 6.12. The predicted molar refractivity (Wildman–Crippen MR) is 104 cm³/mol. The second-order valence-electron chi connectivity index (χ2n) is 6.25. The molecule has 1 aliphatic heterocycles. The minimum absolute atomic E-state index is 0.142. The van der Waals surface area contributed by atoms with Gasteiger partial charge in [-0.25, -0.2) is 0 Å². The third kappa shape index (κ3) is 4.48. The Bertz CT molecular complexity index is 859. The van der Waals surface area contributed by atoms with Crippen LogP contribution >= 0.6 is 11.6 Å². The first-order valence-electron chi connectivity index (χ1n) is 8.55. The van der Waals surface area contributed by atoms with Gasteiger partial charge in [-0.15, -0.1) is 6.42 Å². The zero-order valence-corrected chi connectivity index (χ0v) is 15.4. The van der Waals surface area contributed by atoms with E-state index in [9.17, 15) is 9.59 Å². The fraction of sp³-hybridized carbons (Fsp3) is 0.238. The summed E-state index contributed by atoms with van der Waals surface area (Å²) < 4.78 is 5.26. The van der Waals surface area contributed by atoms with Crippen molar-refractivity contribution in [3.63, 3.8) is 0 Å². The highest BCUT2D eigenvalue weighted by molar-refractivity contribution is 6.31. The lowest BCUT2D eigenvalue weighted by atomic mass is 9.94. The molecule has 6 heteroatoms. The molecule has 1 aliphatic rings. The van der Waals surface area contributed by atoms with E-state index in [2.05, 4.69) is 11.2 Å². The van der Waals surface area contributed by atoms with Gasteiger partial charge < -0.3 is 10.1 Å². The maximum atomic E-state index is 13.0. The number of anilines is 1. The number of amides is 2. The summed E-state index contributed by atoms with van der Waals surface area (Å²) >= 11 is 6.07. The van der Waals surface area contributed by atoms with Gasteiger partial charge in [0.1, 0.15) is 6.04 Å². The van der Waals surface area contributed by atoms with E-state index in [4.69, 9.17) is 22.8 Å². The topological polar surface area (TPSA) is 58.6 Å². The van der Waals surface area contributed by atoms with Crippen LogP contribution in [0.3, 0.4) is 0 Å². The molecular weight excluding hydrogens is 364 g/mol. The Labute approximate surface area is 163 Å². The zero-order valence-electron chi connectivity index (χ0n) is 14.6. The van der Waals surface area contributed by atoms with Crippen LogP contribution in [-0.4, -0.2) is 31.1 Å². The number of halogens is 1. The Morgan fingerprint density at radius 1 is 1.22 bits per heavy atom. The fourth-order valence-corrected chi connectivity index (χ4v) is 3.15. The fourth-order valence-electron chi connectivity index (χ4n) is 2.97. The molecule has 0 aromatic heterocycles. The number of nitrogens with zero attached hydrogens (tertiary/aromatic N) is 1. The van der Waals surface area contributed by atoms with Crippen LogP contribution in [0.5, 0.6) is 0 Å². The average Bonchev–Trinajstić information content (AvgIpc) is 2.65. The predicted octanol–water partition coefficient (Wildman–Crippen LogP) is 2.64. The number of carbonyl (C=O) groups is 2. The standard InChI is InChI=1S/C21H19ClN2O3/c1-2-19(25)24(18-10-6-9-17(22)11-18)20(16-13-27-14-16)21(26)23-12-15-7-4-3-5-8-15/h1,3-11,16,20H,12-14H2,(H,23,26). The Balaban J connectivity index is 1.87. The Morgan fingerprint density at radius 3 is 2.56 bits per heavy atom. The monoisotopic (exact) mass is 382 g/mol. The summed E-state index contributed by atoms with van der Waals surface area (Å²) in [6.07, 6.45) is 5.37. The molecule has 1 fully saturated rings. The van der Waals surface area contributed by atoms with Crippen molar-refractivity contribution in [1.29, 1.82) is 0 Å². The number of rotatable bonds is 6. The van der Waals surface area contributed by atoms with Crippen molar-refractivity contribution < 1.29 is 14.3 Å². The van der Waals surface area contributed by atoms with Crippen molar-refractivity contribution in [2.75, 3.05) is 18.1 Å². The van der Waals surface area contributed by atoms with E-state index in [0.29, 0.717) is 30.5 Å². The molecule has 0 bridgehead atoms. The van der Waals surface area contributed by atoms with Crippen molar-refractivity contribution in [2.24, 2.45) is 5.92 Å². The summed E-state index contributed by atoms with van der Waals surface area (Å²) in [6, 6.07) is 15.5. The second-order valence-corrected chi connectivity index (χ2v) is 6.68. The van der Waals surface area contributed by atoms with Crippen LogP contribution in [0, 0.1) is 18.3 Å². The van der Waals surface area contributed by atoms with Crippen LogP contribution in [-0.2, 0) is 20.9 Å². The van der Waals surface area contributed by atoms with Crippen LogP contribution in [0.4, 0.5) is 5.69 Å². The summed E-state index contributed by atoms with van der Waals surface area (Å²) in [4.78, 5) is 26.9. The minimum atomic E-state index is -0.774. The third-order valence-corrected chi connectivity index (χ3v) is 4.63. The number of hydrogen-bond acceptors (Lipinski definition) is 3. The molecule has 138 valence electrons. The van der Waals surface area contributed by atoms with Crippen LogP contribution in [0.15, 0.2) is 54.6 Å². The molecule has 1 N–H and O–H groups in total. The largest absolute Gasteiger partial charge is 0.380 e. The SMILES string of the molecule is C#CC(=O)N(c1cccc(Cl)c1)C(C(=O)NCc1ccccc1)C1COC1. The molecule has 1 heterocycles. The highest BCUT2D eigenvalue weighted by Crippen LogP contribution is 2.28. The summed E-state index contributed by atoms with van der Waals surface area (Å²) in [6.45, 7) is 1.13. The first kappa shape index (κ1) is 19.0. The van der Waals surface area contributed by atoms with E-state index in [-0.39, 0.29) is 11.8 Å². The van der Waals surface area contributed by atoms with Crippen molar-refractivity contribution >= 4 is 29.1 Å². The van der Waals surface area contributed by atoms with E-state index in [1.54, 1.807) is 24.3 Å². The molecule has 0 spiro atoms. The maximum absolute atomic E-state index is 13.0. The molecule has 1 saturated heterocycles. The van der Waals surface area contributed by atoms with E-state index in [1.807, 2.05) is 30.3 Å². The molecule has 27 heavy (non-hydrogen) atoms. The number of benzene rings is 2. The zero-order chi connectivity index (χ0) is 19.2. The smallest absolute Gasteiger partial charge is 0.303 e. The van der Waals surface area contributed by atoms with Crippen molar-refractivity contribution in [2.45, 2.75) is 12.6 Å². The van der Waals surface area contributed by atoms with Gasteiger partial charge in [-0.3, -0.25) is 14.5 Å². The van der Waals surface area contributed by atoms with E-state index in [1.165, 1.54) is 4.90 Å². The van der Waals surface area contributed by atoms with Crippen LogP contribution in [0.2, 0.25) is 5.02 Å². The van der Waals surface area contributed by atoms with Gasteiger partial charge in [0.25, 0.3) is 0 Å². The lowest BCUT2D eigenvalue weighted by Crippen LogP contribution is -2.58. The van der Waals surface area contributed by atoms with Gasteiger partial charge in [0.05, 0.1) is 13.2 Å². The molecule has 0 radical (unpaired) electrons. The maximum Gasteiger partial charge on any atom is 0.303 e. The Hall–Kier alpha value is -2.81. The first-order valence-corrected chi connectivity index (χ1v) is 8.92. The quantitative estimate of drug-likeness (QED) is 0.781. The van der Waals surface area contributed by atoms with E-state index in [0.717, 1.165) is 5.56 Å². The van der Waals surface area contributed by atoms with Crippen LogP contribution < -0.4 is 10.2 Å². The molecule has 1 atom stereocenters. The number of hydrogen-bond donors (Lipinski definition) is 1. The van der Waals surface area contributed by atoms with Gasteiger partial charge in [0.2, 0.25) is 5.91 Å². The lowest BCUT2D eigenvalue weighted by Gasteiger charge is -2.39. The van der Waals surface area contributed by atoms with Crippen molar-refractivity contribution in [3.8, 4) is 12.3 Å². The molecule has 3 rings (SSSR count). The van der Waals surface area contributed by atoms with Gasteiger partial charge in [-0.05, 0) is 29.7 Å². The summed E-state index contributed by atoms with van der Waals surface area (Å²) in [7, 11) is 0. The number of nitrogens with one attached hydrogen (secondary N) is 1. The lowest BCUT2D eigenvalue weighted by molar-refractivity contribution is -0.132. The summed E-state index contributed by atoms with van der Waals surface area (Å²) in [5, 5.41) is 3.36. The number of ether oxygens (including phenoxy) is 1. The molecule has 5 nitrogen and oxygen atoms in total. The highest BCUT2D eigenvalue weighted by atomic mass is 35.5.